The second kappa shape index (κ2) is 5.73. The maximum absolute atomic E-state index is 9.35. The van der Waals surface area contributed by atoms with Gasteiger partial charge in [0.15, 0.2) is 0 Å². The molecule has 1 fully saturated rings. The van der Waals surface area contributed by atoms with Crippen LogP contribution in [0.25, 0.3) is 0 Å². The lowest BCUT2D eigenvalue weighted by molar-refractivity contribution is 0.196. The molecule has 1 unspecified atom stereocenters. The third kappa shape index (κ3) is 2.74. The zero-order valence-corrected chi connectivity index (χ0v) is 11.0. The molecule has 2 rings (SSSR count). The molecule has 0 N–H and O–H groups in total. The molecular formula is C13H14Cl2N2. The van der Waals surface area contributed by atoms with E-state index in [9.17, 15) is 5.26 Å². The van der Waals surface area contributed by atoms with Crippen LogP contribution in [-0.4, -0.2) is 18.0 Å². The quantitative estimate of drug-likeness (QED) is 0.810. The smallest absolute Gasteiger partial charge is 0.125 e. The Morgan fingerprint density at radius 1 is 1.18 bits per heavy atom. The molecule has 1 atom stereocenters. The maximum atomic E-state index is 9.35. The first-order valence-corrected chi connectivity index (χ1v) is 6.57. The van der Waals surface area contributed by atoms with Crippen LogP contribution in [0.5, 0.6) is 0 Å². The first-order chi connectivity index (χ1) is 8.24. The summed E-state index contributed by atoms with van der Waals surface area (Å²) in [6.45, 7) is 1.92. The van der Waals surface area contributed by atoms with E-state index in [1.165, 1.54) is 6.42 Å². The molecule has 1 aliphatic heterocycles. The molecular weight excluding hydrogens is 255 g/mol. The summed E-state index contributed by atoms with van der Waals surface area (Å²) < 4.78 is 0. The lowest BCUT2D eigenvalue weighted by Crippen LogP contribution is -2.33. The van der Waals surface area contributed by atoms with E-state index in [2.05, 4.69) is 11.0 Å². The summed E-state index contributed by atoms with van der Waals surface area (Å²) in [6.07, 6.45) is 3.55. The standard InChI is InChI=1S/C13H14Cl2N2/c14-11-6-4-5-10(13(11)15)12(9-16)17-7-2-1-3-8-17/h4-6,12H,1-3,7-8H2. The SMILES string of the molecule is N#CC(c1cccc(Cl)c1Cl)N1CCCCC1. The van der Waals surface area contributed by atoms with Gasteiger partial charge in [-0.25, -0.2) is 0 Å². The average molecular weight is 269 g/mol. The monoisotopic (exact) mass is 268 g/mol. The summed E-state index contributed by atoms with van der Waals surface area (Å²) in [5, 5.41) is 10.4. The van der Waals surface area contributed by atoms with Gasteiger partial charge in [0.2, 0.25) is 0 Å². The van der Waals surface area contributed by atoms with Crippen LogP contribution in [0.15, 0.2) is 18.2 Å². The van der Waals surface area contributed by atoms with Crippen molar-refractivity contribution in [2.24, 2.45) is 0 Å². The third-order valence-electron chi connectivity index (χ3n) is 3.15. The molecule has 2 nitrogen and oxygen atoms in total. The number of benzene rings is 1. The van der Waals surface area contributed by atoms with Gasteiger partial charge in [-0.05, 0) is 32.0 Å². The van der Waals surface area contributed by atoms with Crippen LogP contribution < -0.4 is 0 Å². The zero-order valence-electron chi connectivity index (χ0n) is 9.50. The van der Waals surface area contributed by atoms with Gasteiger partial charge in [0.05, 0.1) is 16.1 Å². The summed E-state index contributed by atoms with van der Waals surface area (Å²) in [5.41, 5.74) is 0.823. The Balaban J connectivity index is 2.29. The highest BCUT2D eigenvalue weighted by Gasteiger charge is 2.24. The van der Waals surface area contributed by atoms with Crippen molar-refractivity contribution in [2.75, 3.05) is 13.1 Å². The minimum Gasteiger partial charge on any atom is -0.284 e. The van der Waals surface area contributed by atoms with Crippen LogP contribution in [0.2, 0.25) is 10.0 Å². The Morgan fingerprint density at radius 3 is 2.53 bits per heavy atom. The molecule has 0 radical (unpaired) electrons. The molecule has 0 aliphatic carbocycles. The lowest BCUT2D eigenvalue weighted by Gasteiger charge is -2.31. The first-order valence-electron chi connectivity index (χ1n) is 5.81. The molecule has 4 heteroatoms. The Kier molecular flexibility index (Phi) is 4.28. The number of nitriles is 1. The third-order valence-corrected chi connectivity index (χ3v) is 3.99. The van der Waals surface area contributed by atoms with Crippen LogP contribution in [0, 0.1) is 11.3 Å². The number of likely N-dealkylation sites (tertiary alicyclic amines) is 1. The Labute approximate surface area is 112 Å². The zero-order chi connectivity index (χ0) is 12.3. The normalized spacial score (nSPS) is 18.6. The molecule has 1 saturated heterocycles. The van der Waals surface area contributed by atoms with E-state index in [4.69, 9.17) is 23.2 Å². The number of piperidine rings is 1. The van der Waals surface area contributed by atoms with Crippen LogP contribution in [0.4, 0.5) is 0 Å². The molecule has 0 saturated carbocycles. The Morgan fingerprint density at radius 2 is 1.88 bits per heavy atom. The number of halogens is 2. The molecule has 1 aromatic carbocycles. The van der Waals surface area contributed by atoms with Gasteiger partial charge in [0.1, 0.15) is 6.04 Å². The second-order valence-electron chi connectivity index (χ2n) is 4.27. The van der Waals surface area contributed by atoms with Crippen LogP contribution in [0.3, 0.4) is 0 Å². The van der Waals surface area contributed by atoms with Crippen molar-refractivity contribution in [2.45, 2.75) is 25.3 Å². The number of rotatable bonds is 2. The number of hydrogen-bond acceptors (Lipinski definition) is 2. The summed E-state index contributed by atoms with van der Waals surface area (Å²) in [4.78, 5) is 2.18. The van der Waals surface area contributed by atoms with E-state index in [0.29, 0.717) is 10.0 Å². The molecule has 1 aliphatic rings. The summed E-state index contributed by atoms with van der Waals surface area (Å²) in [5.74, 6) is 0. The summed E-state index contributed by atoms with van der Waals surface area (Å²) in [6, 6.07) is 7.54. The minimum absolute atomic E-state index is 0.276. The van der Waals surface area contributed by atoms with E-state index in [1.807, 2.05) is 12.1 Å². The van der Waals surface area contributed by atoms with Gasteiger partial charge >= 0.3 is 0 Å². The molecule has 0 bridgehead atoms. The van der Waals surface area contributed by atoms with Crippen molar-refractivity contribution in [1.29, 1.82) is 5.26 Å². The number of hydrogen-bond donors (Lipinski definition) is 0. The second-order valence-corrected chi connectivity index (χ2v) is 5.06. The molecule has 1 aromatic rings. The van der Waals surface area contributed by atoms with Crippen molar-refractivity contribution < 1.29 is 0 Å². The van der Waals surface area contributed by atoms with E-state index in [-0.39, 0.29) is 6.04 Å². The van der Waals surface area contributed by atoms with Crippen molar-refractivity contribution in [3.05, 3.63) is 33.8 Å². The van der Waals surface area contributed by atoms with Crippen molar-refractivity contribution >= 4 is 23.2 Å². The van der Waals surface area contributed by atoms with Gasteiger partial charge < -0.3 is 0 Å². The van der Waals surface area contributed by atoms with E-state index in [0.717, 1.165) is 31.5 Å². The van der Waals surface area contributed by atoms with E-state index in [1.54, 1.807) is 6.07 Å². The Bertz CT molecular complexity index is 434. The minimum atomic E-state index is -0.276. The highest BCUT2D eigenvalue weighted by molar-refractivity contribution is 6.42. The fraction of sp³-hybridized carbons (Fsp3) is 0.462. The average Bonchev–Trinajstić information content (AvgIpc) is 2.37. The molecule has 17 heavy (non-hydrogen) atoms. The maximum Gasteiger partial charge on any atom is 0.125 e. The highest BCUT2D eigenvalue weighted by Crippen LogP contribution is 2.33. The van der Waals surface area contributed by atoms with Gasteiger partial charge in [-0.2, -0.15) is 5.26 Å². The molecule has 1 heterocycles. The van der Waals surface area contributed by atoms with Gasteiger partial charge in [0, 0.05) is 5.56 Å². The summed E-state index contributed by atoms with van der Waals surface area (Å²) in [7, 11) is 0. The topological polar surface area (TPSA) is 27.0 Å². The fourth-order valence-corrected chi connectivity index (χ4v) is 2.67. The largest absolute Gasteiger partial charge is 0.284 e. The predicted octanol–water partition coefficient (Wildman–Crippen LogP) is 4.04. The van der Waals surface area contributed by atoms with Crippen molar-refractivity contribution in [1.82, 2.24) is 4.90 Å². The van der Waals surface area contributed by atoms with Gasteiger partial charge in [-0.1, -0.05) is 41.8 Å². The van der Waals surface area contributed by atoms with Crippen molar-refractivity contribution in [3.8, 4) is 6.07 Å². The highest BCUT2D eigenvalue weighted by atomic mass is 35.5. The lowest BCUT2D eigenvalue weighted by atomic mass is 10.0. The predicted molar refractivity (Wildman–Crippen MR) is 70.2 cm³/mol. The van der Waals surface area contributed by atoms with Crippen molar-refractivity contribution in [3.63, 3.8) is 0 Å². The summed E-state index contributed by atoms with van der Waals surface area (Å²) >= 11 is 12.2. The fourth-order valence-electron chi connectivity index (χ4n) is 2.26. The van der Waals surface area contributed by atoms with Crippen LogP contribution >= 0.6 is 23.2 Å². The number of nitrogens with zero attached hydrogens (tertiary/aromatic N) is 2. The molecule has 0 aromatic heterocycles. The van der Waals surface area contributed by atoms with E-state index < -0.39 is 0 Å². The van der Waals surface area contributed by atoms with Gasteiger partial charge in [-0.15, -0.1) is 0 Å². The van der Waals surface area contributed by atoms with Gasteiger partial charge in [-0.3, -0.25) is 4.90 Å². The van der Waals surface area contributed by atoms with Crippen LogP contribution in [0.1, 0.15) is 30.9 Å². The Hall–Kier alpha value is -0.750. The first kappa shape index (κ1) is 12.7. The molecule has 0 amide bonds. The molecule has 90 valence electrons. The van der Waals surface area contributed by atoms with Gasteiger partial charge in [0.25, 0.3) is 0 Å². The molecule has 0 spiro atoms. The van der Waals surface area contributed by atoms with Crippen LogP contribution in [-0.2, 0) is 0 Å². The van der Waals surface area contributed by atoms with E-state index >= 15 is 0 Å².